The van der Waals surface area contributed by atoms with Crippen LogP contribution in [0.15, 0.2) is 24.3 Å². The minimum Gasteiger partial charge on any atom is -0.479 e. The Morgan fingerprint density at radius 1 is 0.295 bits per heavy atom. The standard InChI is InChI=1S/C69H100N4O62S4/c1-15-6-8-20(9-7-15)118-66-40(88)36(84)48(52(132-66)57(94)95)128-62-28(71-17(3)75)33(81)45(24(121-62)12-115-137(105,106)107)125-68-42(90)38(86)50(54(134-68)59(98)99)130-64-30(73-19(5)77)35(83)47(26(123-64)14-117-139(111,112)113)127-69-43(91)39(87)51(55(135-69)60(100)101)131-63-29(72-18(4)76)34(82)46(25(122-63)13-116-138(108,109)110)126-67-41(89)37(85)49(53(133-67)58(96)97)129-61-27(70-16(2)74)32(80)44(23(120-61)11-114-136(102,103)104)124-65-31(79)21(78)10-22(119-65)56(92)93/h6-9,21-55,61-69,78-91H,10-14H2,1-5H3,(H,70,74)(H,71,75)(H,72,76)(H,73,77)(H,92,93)(H,94,95)(H,96,97)(H,98,99)(H,100,101)(H,102,103,104)(H,105,106,107)(H,108,109,110)(H,111,112,113)/t21-,22?,23?,24?,25?,26?,27?,28?,29?,30?,31?,32+,33+,34+,35+,36+,37+,38+,39+,40?,41?,42?,43?,44+,45+,46+,47+,48-,49-,50-,51-,52?,53?,54?,55?,61?,62?,63?,64?,65-,66+,67+,68+,69+/m0/s1. The Morgan fingerprint density at radius 3 is 0.741 bits per heavy atom. The van der Waals surface area contributed by atoms with Gasteiger partial charge in [-0.2, -0.15) is 33.7 Å². The number of ether oxygens (including phenoxy) is 18. The number of carbonyl (C=O) groups excluding carboxylic acids is 4. The average Bonchev–Trinajstić information content (AvgIpc) is 0.729. The molecule has 70 heteroatoms. The Bertz CT molecular complexity index is 4870. The summed E-state index contributed by atoms with van der Waals surface area (Å²) in [4.78, 5) is 116. The van der Waals surface area contributed by atoms with Crippen LogP contribution in [-0.2, 0) is 182 Å². The van der Waals surface area contributed by atoms with Gasteiger partial charge < -0.3 is 204 Å². The Kier molecular flexibility index (Phi) is 38.1. The first-order chi connectivity index (χ1) is 64.5. The molecule has 792 valence electrons. The summed E-state index contributed by atoms with van der Waals surface area (Å²) in [6, 6.07) is -3.29. The molecule has 139 heavy (non-hydrogen) atoms. The van der Waals surface area contributed by atoms with Crippen molar-refractivity contribution in [2.45, 2.75) is 311 Å². The summed E-state index contributed by atoms with van der Waals surface area (Å²) < 4.78 is 255. The second kappa shape index (κ2) is 46.7. The molecule has 0 radical (unpaired) electrons. The van der Waals surface area contributed by atoms with E-state index in [-0.39, 0.29) is 5.75 Å². The fraction of sp³-hybridized carbons (Fsp3) is 0.783. The van der Waals surface area contributed by atoms with Crippen LogP contribution in [0.3, 0.4) is 0 Å². The van der Waals surface area contributed by atoms with Crippen LogP contribution >= 0.6 is 0 Å². The summed E-state index contributed by atoms with van der Waals surface area (Å²) in [6.07, 6.45) is -102. The van der Waals surface area contributed by atoms with Crippen molar-refractivity contribution in [2.75, 3.05) is 26.4 Å². The molecular weight excluding hydrogens is 2000 g/mol. The number of aliphatic hydroxyl groups is 14. The molecule has 9 fully saturated rings. The number of carboxylic acid groups (broad SMARTS) is 5. The molecule has 1 aromatic rings. The molecule has 0 aromatic heterocycles. The van der Waals surface area contributed by atoms with Gasteiger partial charge in [-0.1, -0.05) is 17.7 Å². The van der Waals surface area contributed by atoms with E-state index < -0.39 is 398 Å². The molecule has 9 aliphatic heterocycles. The molecule has 44 atom stereocenters. The predicted molar refractivity (Wildman–Crippen MR) is 416 cm³/mol. The lowest BCUT2D eigenvalue weighted by Crippen LogP contribution is -2.71. The smallest absolute Gasteiger partial charge is 0.397 e. The van der Waals surface area contributed by atoms with Gasteiger partial charge in [0.15, 0.2) is 80.8 Å². The molecule has 22 unspecified atom stereocenters. The normalized spacial score (nSPS) is 41.4. The van der Waals surface area contributed by atoms with E-state index in [2.05, 4.69) is 38.0 Å². The van der Waals surface area contributed by atoms with E-state index in [0.717, 1.165) is 19.4 Å². The minimum atomic E-state index is -5.74. The van der Waals surface area contributed by atoms with Crippen molar-refractivity contribution in [3.63, 3.8) is 0 Å². The topological polar surface area (TPSA) is 1010 Å². The van der Waals surface area contributed by atoms with Gasteiger partial charge in [0.25, 0.3) is 0 Å². The fourth-order valence-corrected chi connectivity index (χ4v) is 17.0. The number of carboxylic acids is 5. The van der Waals surface area contributed by atoms with Crippen LogP contribution < -0.4 is 26.0 Å². The third-order valence-corrected chi connectivity index (χ3v) is 23.9. The minimum absolute atomic E-state index is 0.00849. The van der Waals surface area contributed by atoms with E-state index in [4.69, 9.17) is 85.3 Å². The lowest BCUT2D eigenvalue weighted by atomic mass is 9.93. The van der Waals surface area contributed by atoms with E-state index in [0.29, 0.717) is 13.8 Å². The van der Waals surface area contributed by atoms with Crippen molar-refractivity contribution < 1.29 is 294 Å². The maximum Gasteiger partial charge on any atom is 0.397 e. The number of hydrogen-bond donors (Lipinski definition) is 27. The van der Waals surface area contributed by atoms with Gasteiger partial charge in [0.1, 0.15) is 183 Å². The van der Waals surface area contributed by atoms with Crippen molar-refractivity contribution in [3.05, 3.63) is 29.8 Å². The van der Waals surface area contributed by atoms with E-state index in [1.807, 2.05) is 0 Å². The number of carbonyl (C=O) groups is 9. The Hall–Kier alpha value is -7.51. The number of rotatable bonds is 39. The summed E-state index contributed by atoms with van der Waals surface area (Å²) in [6.45, 7) is -1.69. The molecule has 1 aromatic carbocycles. The van der Waals surface area contributed by atoms with Crippen LogP contribution in [0.2, 0.25) is 0 Å². The van der Waals surface area contributed by atoms with Gasteiger partial charge in [-0.05, 0) is 19.1 Å². The van der Waals surface area contributed by atoms with Crippen molar-refractivity contribution in [2.24, 2.45) is 0 Å². The van der Waals surface area contributed by atoms with E-state index in [1.54, 1.807) is 19.1 Å². The number of nitrogens with one attached hydrogen (secondary N) is 4. The number of hydrogen-bond acceptors (Lipinski definition) is 53. The molecule has 9 aliphatic rings. The Balaban J connectivity index is 0.864. The molecule has 9 saturated heterocycles. The summed E-state index contributed by atoms with van der Waals surface area (Å²) in [5.41, 5.74) is 0.728. The van der Waals surface area contributed by atoms with Crippen LogP contribution in [-0.4, -0.2) is 499 Å². The highest BCUT2D eigenvalue weighted by Crippen LogP contribution is 2.42. The summed E-state index contributed by atoms with van der Waals surface area (Å²) in [7, 11) is -22.6. The largest absolute Gasteiger partial charge is 0.479 e. The van der Waals surface area contributed by atoms with Gasteiger partial charge in [0.2, 0.25) is 29.9 Å². The summed E-state index contributed by atoms with van der Waals surface area (Å²) >= 11 is 0. The fourth-order valence-electron chi connectivity index (χ4n) is 15.8. The van der Waals surface area contributed by atoms with Crippen molar-refractivity contribution in [1.29, 1.82) is 0 Å². The Morgan fingerprint density at radius 2 is 0.518 bits per heavy atom. The zero-order chi connectivity index (χ0) is 104. The average molecular weight is 2110 g/mol. The first-order valence-corrected chi connectivity index (χ1v) is 46.1. The molecule has 0 saturated carbocycles. The van der Waals surface area contributed by atoms with Crippen LogP contribution in [0.4, 0.5) is 0 Å². The monoisotopic (exact) mass is 2100 g/mol. The highest BCUT2D eigenvalue weighted by atomic mass is 32.3. The SMILES string of the molecule is CC(=O)NC1C(O[C@@H]2C(C(=O)O)O[C@@H](Oc3ccc(C)cc3)C(O)[C@H]2O)OC(COS(=O)(=O)O)[C@@H](O[C@@H]2OC(C(=O)O)[C@@H](OC3OC(COS(=O)(=O)O)[C@@H](O[C@@H]4OC(C(=O)O)[C@@H](OC5OC(COS(=O)(=O)O)[C@@H](O[C@@H]6OC(C(=O)O)[C@@H](OC7OC(COS(=O)(=O)O)[C@@H](O[C@@H]8OC(C(=O)O)C[C@H](O)C8O)[C@H](O)C7NC(C)=O)[C@H](O)C6O)[C@H](O)C5NC(C)=O)[C@H](O)C4O)[C@H](O)C3NC(C)=O)[C@H](O)C2O)[C@@H]1O. The third kappa shape index (κ3) is 28.6. The summed E-state index contributed by atoms with van der Waals surface area (Å²) in [5.74, 6) is -15.2. The maximum atomic E-state index is 13.4. The highest BCUT2D eigenvalue weighted by Gasteiger charge is 2.64. The zero-order valence-corrected chi connectivity index (χ0v) is 74.9. The van der Waals surface area contributed by atoms with E-state index in [9.17, 15) is 192 Å². The first kappa shape index (κ1) is 113. The van der Waals surface area contributed by atoms with Gasteiger partial charge in [0.05, 0.1) is 32.5 Å². The maximum absolute atomic E-state index is 13.4. The Labute approximate surface area is 780 Å². The number of aliphatic hydroxyl groups excluding tert-OH is 14. The lowest BCUT2D eigenvalue weighted by molar-refractivity contribution is -0.382. The molecule has 0 bridgehead atoms. The quantitative estimate of drug-likeness (QED) is 0.0272. The number of amides is 4. The van der Waals surface area contributed by atoms with Crippen LogP contribution in [0.25, 0.3) is 0 Å². The van der Waals surface area contributed by atoms with Crippen LogP contribution in [0.1, 0.15) is 39.7 Å². The predicted octanol–water partition coefficient (Wildman–Crippen LogP) is -16.9. The third-order valence-electron chi connectivity index (χ3n) is 22.2. The summed E-state index contributed by atoms with van der Waals surface area (Å²) in [5, 5.41) is 223. The lowest BCUT2D eigenvalue weighted by Gasteiger charge is -2.51. The van der Waals surface area contributed by atoms with Gasteiger partial charge in [-0.15, -0.1) is 0 Å². The number of aliphatic carboxylic acids is 5. The number of benzene rings is 1. The van der Waals surface area contributed by atoms with E-state index >= 15 is 0 Å². The second-order valence-electron chi connectivity index (χ2n) is 32.2. The molecular formula is C69H100N4O62S4. The van der Waals surface area contributed by atoms with Crippen molar-refractivity contribution >= 4 is 95.1 Å². The van der Waals surface area contributed by atoms with Gasteiger partial charge in [-0.25, -0.2) is 40.7 Å². The molecule has 66 nitrogen and oxygen atoms in total. The van der Waals surface area contributed by atoms with Crippen molar-refractivity contribution in [1.82, 2.24) is 21.3 Å². The van der Waals surface area contributed by atoms with Crippen molar-refractivity contribution in [3.8, 4) is 5.75 Å². The molecule has 0 spiro atoms. The molecule has 27 N–H and O–H groups in total. The number of aryl methyl sites for hydroxylation is 1. The highest BCUT2D eigenvalue weighted by molar-refractivity contribution is 7.81. The van der Waals surface area contributed by atoms with Gasteiger partial charge in [0, 0.05) is 34.1 Å². The molecule has 9 heterocycles. The van der Waals surface area contributed by atoms with Crippen LogP contribution in [0.5, 0.6) is 5.75 Å². The molecule has 10 rings (SSSR count). The molecule has 4 amide bonds. The second-order valence-corrected chi connectivity index (χ2v) is 36.6. The van der Waals surface area contributed by atoms with Gasteiger partial charge in [-0.3, -0.25) is 37.4 Å². The first-order valence-electron chi connectivity index (χ1n) is 40.6. The molecule has 0 aliphatic carbocycles. The zero-order valence-electron chi connectivity index (χ0n) is 71.6. The van der Waals surface area contributed by atoms with Gasteiger partial charge >= 0.3 is 71.4 Å². The van der Waals surface area contributed by atoms with E-state index in [1.165, 1.54) is 12.1 Å². The van der Waals surface area contributed by atoms with Crippen LogP contribution in [0, 0.1) is 6.92 Å².